The van der Waals surface area contributed by atoms with Crippen LogP contribution in [0.1, 0.15) is 25.0 Å². The highest BCUT2D eigenvalue weighted by molar-refractivity contribution is 6.22. The van der Waals surface area contributed by atoms with Gasteiger partial charge in [-0.1, -0.05) is 184 Å². The summed E-state index contributed by atoms with van der Waals surface area (Å²) in [4.78, 5) is 0. The van der Waals surface area contributed by atoms with Crippen molar-refractivity contribution in [1.29, 1.82) is 0 Å². The fourth-order valence-electron chi connectivity index (χ4n) is 10.3. The van der Waals surface area contributed by atoms with E-state index in [1.165, 1.54) is 120 Å². The second-order valence-electron chi connectivity index (χ2n) is 16.4. The SMILES string of the molecule is CC1(C)c2cc3cc(-c4ccc(-c5c6ccccc6c(-c6ccc7ccccc7c6)c6ccccc56)cc4)ccc3cc2-c2c1c1ccccc1c1ccccc21. The van der Waals surface area contributed by atoms with Crippen LogP contribution in [0.5, 0.6) is 0 Å². The van der Waals surface area contributed by atoms with Gasteiger partial charge in [0.1, 0.15) is 0 Å². The van der Waals surface area contributed by atoms with Gasteiger partial charge >= 0.3 is 0 Å². The fourth-order valence-corrected chi connectivity index (χ4v) is 10.3. The van der Waals surface area contributed by atoms with Crippen molar-refractivity contribution in [3.8, 4) is 44.5 Å². The normalized spacial score (nSPS) is 13.2. The van der Waals surface area contributed by atoms with Crippen molar-refractivity contribution >= 4 is 64.6 Å². The Kier molecular flexibility index (Phi) is 6.78. The van der Waals surface area contributed by atoms with Crippen LogP contribution in [0.4, 0.5) is 0 Å². The highest BCUT2D eigenvalue weighted by Crippen LogP contribution is 2.55. The average Bonchev–Trinajstić information content (AvgIpc) is 3.50. The molecule has 266 valence electrons. The van der Waals surface area contributed by atoms with Gasteiger partial charge in [0, 0.05) is 5.41 Å². The molecule has 0 spiro atoms. The van der Waals surface area contributed by atoms with Crippen molar-refractivity contribution < 1.29 is 0 Å². The molecular weight excluding hydrogens is 685 g/mol. The smallest absolute Gasteiger partial charge is 0.0165 e. The maximum Gasteiger partial charge on any atom is 0.0165 e. The summed E-state index contributed by atoms with van der Waals surface area (Å²) in [5.74, 6) is 0. The van der Waals surface area contributed by atoms with Crippen LogP contribution in [0.2, 0.25) is 0 Å². The Morgan fingerprint density at radius 1 is 0.281 bits per heavy atom. The molecule has 57 heavy (non-hydrogen) atoms. The first-order chi connectivity index (χ1) is 28.0. The number of benzene rings is 11. The lowest BCUT2D eigenvalue weighted by Gasteiger charge is -2.24. The molecule has 1 aliphatic rings. The van der Waals surface area contributed by atoms with Gasteiger partial charge in [-0.25, -0.2) is 0 Å². The first-order valence-corrected chi connectivity index (χ1v) is 20.1. The van der Waals surface area contributed by atoms with Crippen molar-refractivity contribution in [2.24, 2.45) is 0 Å². The molecular formula is C57H38. The molecule has 11 aromatic rings. The highest BCUT2D eigenvalue weighted by atomic mass is 14.4. The molecule has 0 heteroatoms. The maximum atomic E-state index is 2.47. The predicted molar refractivity (Wildman–Crippen MR) is 245 cm³/mol. The first kappa shape index (κ1) is 32.2. The minimum Gasteiger partial charge on any atom is -0.0616 e. The van der Waals surface area contributed by atoms with Crippen LogP contribution < -0.4 is 0 Å². The molecule has 0 bridgehead atoms. The minimum atomic E-state index is -0.129. The van der Waals surface area contributed by atoms with Gasteiger partial charge in [-0.3, -0.25) is 0 Å². The monoisotopic (exact) mass is 722 g/mol. The van der Waals surface area contributed by atoms with Gasteiger partial charge in [-0.15, -0.1) is 0 Å². The molecule has 0 aliphatic heterocycles. The van der Waals surface area contributed by atoms with Crippen molar-refractivity contribution in [3.05, 3.63) is 205 Å². The molecule has 12 rings (SSSR count). The molecule has 0 nitrogen and oxygen atoms in total. The summed E-state index contributed by atoms with van der Waals surface area (Å²) in [6.07, 6.45) is 0. The lowest BCUT2D eigenvalue weighted by molar-refractivity contribution is 0.667. The van der Waals surface area contributed by atoms with Crippen LogP contribution >= 0.6 is 0 Å². The Morgan fingerprint density at radius 3 is 1.35 bits per heavy atom. The molecule has 0 radical (unpaired) electrons. The molecule has 1 aliphatic carbocycles. The molecule has 0 N–H and O–H groups in total. The topological polar surface area (TPSA) is 0 Å². The van der Waals surface area contributed by atoms with E-state index in [1.807, 2.05) is 0 Å². The molecule has 0 fully saturated rings. The van der Waals surface area contributed by atoms with Crippen LogP contribution in [0.15, 0.2) is 194 Å². The highest BCUT2D eigenvalue weighted by Gasteiger charge is 2.38. The third-order valence-corrected chi connectivity index (χ3v) is 13.0. The van der Waals surface area contributed by atoms with E-state index >= 15 is 0 Å². The van der Waals surface area contributed by atoms with E-state index in [-0.39, 0.29) is 5.41 Å². The number of rotatable bonds is 3. The van der Waals surface area contributed by atoms with E-state index in [2.05, 4.69) is 208 Å². The van der Waals surface area contributed by atoms with Crippen molar-refractivity contribution in [1.82, 2.24) is 0 Å². The van der Waals surface area contributed by atoms with Crippen molar-refractivity contribution in [2.45, 2.75) is 19.3 Å². The third kappa shape index (κ3) is 4.68. The van der Waals surface area contributed by atoms with Crippen LogP contribution in [0.3, 0.4) is 0 Å². The van der Waals surface area contributed by atoms with E-state index in [0.29, 0.717) is 0 Å². The van der Waals surface area contributed by atoms with Crippen LogP contribution in [0, 0.1) is 0 Å². The maximum absolute atomic E-state index is 2.47. The van der Waals surface area contributed by atoms with Gasteiger partial charge in [0.2, 0.25) is 0 Å². The Bertz CT molecular complexity index is 3410. The van der Waals surface area contributed by atoms with Crippen LogP contribution in [0.25, 0.3) is 109 Å². The van der Waals surface area contributed by atoms with E-state index in [1.54, 1.807) is 0 Å². The van der Waals surface area contributed by atoms with Gasteiger partial charge in [-0.05, 0) is 145 Å². The van der Waals surface area contributed by atoms with E-state index < -0.39 is 0 Å². The van der Waals surface area contributed by atoms with Crippen LogP contribution in [-0.4, -0.2) is 0 Å². The zero-order valence-corrected chi connectivity index (χ0v) is 32.0. The summed E-state index contributed by atoms with van der Waals surface area (Å²) in [7, 11) is 0. The van der Waals surface area contributed by atoms with E-state index in [4.69, 9.17) is 0 Å². The van der Waals surface area contributed by atoms with Gasteiger partial charge in [0.25, 0.3) is 0 Å². The summed E-state index contributed by atoms with van der Waals surface area (Å²) >= 11 is 0. The van der Waals surface area contributed by atoms with E-state index in [9.17, 15) is 0 Å². The lowest BCUT2D eigenvalue weighted by atomic mass is 9.79. The molecule has 11 aromatic carbocycles. The lowest BCUT2D eigenvalue weighted by Crippen LogP contribution is -2.15. The van der Waals surface area contributed by atoms with Crippen LogP contribution in [-0.2, 0) is 5.41 Å². The molecule has 0 saturated heterocycles. The Morgan fingerprint density at radius 2 is 0.702 bits per heavy atom. The van der Waals surface area contributed by atoms with Gasteiger partial charge in [0.15, 0.2) is 0 Å². The molecule has 0 atom stereocenters. The zero-order valence-electron chi connectivity index (χ0n) is 32.0. The fraction of sp³-hybridized carbons (Fsp3) is 0.0526. The summed E-state index contributed by atoms with van der Waals surface area (Å²) in [6.45, 7) is 4.82. The molecule has 0 aromatic heterocycles. The van der Waals surface area contributed by atoms with Crippen molar-refractivity contribution in [3.63, 3.8) is 0 Å². The summed E-state index contributed by atoms with van der Waals surface area (Å²) in [5.41, 5.74) is 13.0. The third-order valence-electron chi connectivity index (χ3n) is 13.0. The second kappa shape index (κ2) is 12.0. The van der Waals surface area contributed by atoms with Gasteiger partial charge < -0.3 is 0 Å². The standard InChI is InChI=1S/C57H38/c1-57(2)52-34-42-32-39(28-29-40(42)33-51(52)55-45-17-7-5-15-43(45)44-16-6-12-22-50(44)56(55)57)36-23-26-37(27-24-36)53-46-18-8-10-20-48(46)54(49-21-11-9-19-47(49)53)41-30-25-35-13-3-4-14-38(35)31-41/h3-34H,1-2H3. The number of hydrogen-bond donors (Lipinski definition) is 0. The molecule has 0 saturated carbocycles. The number of fused-ring (bicyclic) bond motifs is 12. The Hall–Kier alpha value is -7.02. The second-order valence-corrected chi connectivity index (χ2v) is 16.4. The summed E-state index contributed by atoms with van der Waals surface area (Å²) in [5, 5.41) is 15.6. The molecule has 0 amide bonds. The largest absolute Gasteiger partial charge is 0.0616 e. The van der Waals surface area contributed by atoms with Gasteiger partial charge in [0.05, 0.1) is 0 Å². The summed E-state index contributed by atoms with van der Waals surface area (Å²) < 4.78 is 0. The average molecular weight is 723 g/mol. The van der Waals surface area contributed by atoms with Crippen molar-refractivity contribution in [2.75, 3.05) is 0 Å². The zero-order chi connectivity index (χ0) is 37.8. The molecule has 0 heterocycles. The summed E-state index contributed by atoms with van der Waals surface area (Å²) in [6, 6.07) is 72.5. The quantitative estimate of drug-likeness (QED) is 0.126. The Balaban J connectivity index is 0.978. The predicted octanol–water partition coefficient (Wildman–Crippen LogP) is 15.9. The Labute approximate surface area is 332 Å². The van der Waals surface area contributed by atoms with E-state index in [0.717, 1.165) is 0 Å². The minimum absolute atomic E-state index is 0.129. The van der Waals surface area contributed by atoms with Gasteiger partial charge in [-0.2, -0.15) is 0 Å². The molecule has 0 unspecified atom stereocenters. The number of hydrogen-bond acceptors (Lipinski definition) is 0. The first-order valence-electron chi connectivity index (χ1n) is 20.1.